The summed E-state index contributed by atoms with van der Waals surface area (Å²) in [6.07, 6.45) is 5.74. The third-order valence-electron chi connectivity index (χ3n) is 6.44. The second-order valence-corrected chi connectivity index (χ2v) is 8.49. The highest BCUT2D eigenvalue weighted by atomic mass is 16.5. The first kappa shape index (κ1) is 20.1. The molecule has 1 amide bonds. The molecular formula is C20H37N3O3. The number of likely N-dealkylation sites (tertiary alicyclic amines) is 1. The van der Waals surface area contributed by atoms with Crippen LogP contribution in [-0.2, 0) is 14.3 Å². The number of ether oxygens (including phenoxy) is 2. The van der Waals surface area contributed by atoms with Gasteiger partial charge in [-0.1, -0.05) is 0 Å². The molecule has 0 aromatic rings. The van der Waals surface area contributed by atoms with Crippen molar-refractivity contribution in [2.24, 2.45) is 5.92 Å². The summed E-state index contributed by atoms with van der Waals surface area (Å²) in [6, 6.07) is 0. The van der Waals surface area contributed by atoms with Gasteiger partial charge in [-0.15, -0.1) is 0 Å². The Bertz CT molecular complexity index is 449. The molecule has 0 aromatic heterocycles. The summed E-state index contributed by atoms with van der Waals surface area (Å²) in [5.41, 5.74) is -0.585. The normalized spacial score (nSPS) is 31.1. The maximum atomic E-state index is 13.0. The van der Waals surface area contributed by atoms with Crippen molar-refractivity contribution in [3.8, 4) is 0 Å². The Morgan fingerprint density at radius 2 is 1.77 bits per heavy atom. The molecule has 6 heteroatoms. The van der Waals surface area contributed by atoms with Crippen molar-refractivity contribution in [2.45, 2.75) is 63.8 Å². The Morgan fingerprint density at radius 1 is 1.15 bits per heavy atom. The number of carbonyl (C=O) groups excluding carboxylic acids is 1. The first-order valence-corrected chi connectivity index (χ1v) is 10.5. The predicted octanol–water partition coefficient (Wildman–Crippen LogP) is 1.49. The van der Waals surface area contributed by atoms with Gasteiger partial charge in [0.15, 0.2) is 0 Å². The lowest BCUT2D eigenvalue weighted by molar-refractivity contribution is -0.159. The lowest BCUT2D eigenvalue weighted by Crippen LogP contribution is -2.56. The maximum Gasteiger partial charge on any atom is 0.254 e. The average Bonchev–Trinajstić information content (AvgIpc) is 2.66. The fourth-order valence-corrected chi connectivity index (χ4v) is 4.88. The fourth-order valence-electron chi connectivity index (χ4n) is 4.88. The van der Waals surface area contributed by atoms with Gasteiger partial charge in [-0.25, -0.2) is 0 Å². The highest BCUT2D eigenvalue weighted by Crippen LogP contribution is 2.29. The molecule has 3 fully saturated rings. The minimum atomic E-state index is -0.585. The second kappa shape index (κ2) is 9.00. The molecule has 26 heavy (non-hydrogen) atoms. The van der Waals surface area contributed by atoms with Crippen LogP contribution in [-0.4, -0.2) is 86.4 Å². The topological polar surface area (TPSA) is 54.0 Å². The van der Waals surface area contributed by atoms with Crippen LogP contribution in [0.5, 0.6) is 0 Å². The molecule has 150 valence electrons. The van der Waals surface area contributed by atoms with Gasteiger partial charge in [-0.05, 0) is 71.5 Å². The van der Waals surface area contributed by atoms with E-state index in [2.05, 4.69) is 29.0 Å². The van der Waals surface area contributed by atoms with Crippen molar-refractivity contribution < 1.29 is 14.3 Å². The standard InChI is InChI=1S/C20H37N3O3/c1-16-14-22(15-17(2)26-16)11-4-18-5-12-23(13-6-18)19(24)20(25-3)7-9-21-10-8-20/h16-18,21H,4-15H2,1-3H3. The maximum absolute atomic E-state index is 13.0. The van der Waals surface area contributed by atoms with Crippen LogP contribution in [0, 0.1) is 5.92 Å². The first-order chi connectivity index (χ1) is 12.5. The van der Waals surface area contributed by atoms with Gasteiger partial charge in [0.25, 0.3) is 5.91 Å². The summed E-state index contributed by atoms with van der Waals surface area (Å²) in [5.74, 6) is 0.954. The molecule has 0 spiro atoms. The van der Waals surface area contributed by atoms with Crippen molar-refractivity contribution in [1.82, 2.24) is 15.1 Å². The smallest absolute Gasteiger partial charge is 0.254 e. The van der Waals surface area contributed by atoms with Gasteiger partial charge in [0, 0.05) is 33.3 Å². The third kappa shape index (κ3) is 4.77. The monoisotopic (exact) mass is 367 g/mol. The number of rotatable bonds is 5. The molecule has 3 saturated heterocycles. The van der Waals surface area contributed by atoms with Crippen LogP contribution in [0.3, 0.4) is 0 Å². The Kier molecular flexibility index (Phi) is 6.94. The van der Waals surface area contributed by atoms with Gasteiger partial charge in [0.1, 0.15) is 5.60 Å². The van der Waals surface area contributed by atoms with Crippen LogP contribution in [0.4, 0.5) is 0 Å². The minimum absolute atomic E-state index is 0.218. The third-order valence-corrected chi connectivity index (χ3v) is 6.44. The van der Waals surface area contributed by atoms with Crippen molar-refractivity contribution in [2.75, 3.05) is 52.9 Å². The number of hydrogen-bond donors (Lipinski definition) is 1. The van der Waals surface area contributed by atoms with Gasteiger partial charge in [-0.3, -0.25) is 9.69 Å². The van der Waals surface area contributed by atoms with Crippen LogP contribution in [0.1, 0.15) is 46.0 Å². The summed E-state index contributed by atoms with van der Waals surface area (Å²) in [5, 5.41) is 3.33. The van der Waals surface area contributed by atoms with Crippen LogP contribution in [0.25, 0.3) is 0 Å². The predicted molar refractivity (Wildman–Crippen MR) is 102 cm³/mol. The fraction of sp³-hybridized carbons (Fsp3) is 0.950. The summed E-state index contributed by atoms with van der Waals surface area (Å²) in [6.45, 7) is 11.1. The van der Waals surface area contributed by atoms with E-state index in [0.717, 1.165) is 77.4 Å². The zero-order valence-electron chi connectivity index (χ0n) is 16.8. The molecule has 0 aromatic carbocycles. The Balaban J connectivity index is 1.43. The van der Waals surface area contributed by atoms with E-state index in [1.165, 1.54) is 6.42 Å². The Morgan fingerprint density at radius 3 is 2.35 bits per heavy atom. The molecule has 0 radical (unpaired) electrons. The van der Waals surface area contributed by atoms with Crippen LogP contribution < -0.4 is 5.32 Å². The first-order valence-electron chi connectivity index (χ1n) is 10.5. The zero-order valence-corrected chi connectivity index (χ0v) is 16.8. The van der Waals surface area contributed by atoms with Gasteiger partial charge in [-0.2, -0.15) is 0 Å². The van der Waals surface area contributed by atoms with Crippen molar-refractivity contribution in [3.63, 3.8) is 0 Å². The Labute approximate surface area is 158 Å². The van der Waals surface area contributed by atoms with Crippen LogP contribution >= 0.6 is 0 Å². The van der Waals surface area contributed by atoms with E-state index in [-0.39, 0.29) is 5.91 Å². The van der Waals surface area contributed by atoms with Crippen molar-refractivity contribution >= 4 is 5.91 Å². The molecule has 6 nitrogen and oxygen atoms in total. The molecule has 2 atom stereocenters. The summed E-state index contributed by atoms with van der Waals surface area (Å²) in [4.78, 5) is 17.6. The van der Waals surface area contributed by atoms with E-state index < -0.39 is 5.60 Å². The second-order valence-electron chi connectivity index (χ2n) is 8.49. The highest BCUT2D eigenvalue weighted by Gasteiger charge is 2.43. The number of carbonyl (C=O) groups is 1. The molecule has 1 N–H and O–H groups in total. The van der Waals surface area contributed by atoms with E-state index in [0.29, 0.717) is 12.2 Å². The van der Waals surface area contributed by atoms with Gasteiger partial charge in [0.2, 0.25) is 0 Å². The number of nitrogens with one attached hydrogen (secondary N) is 1. The average molecular weight is 368 g/mol. The molecule has 0 bridgehead atoms. The van der Waals surface area contributed by atoms with Gasteiger partial charge >= 0.3 is 0 Å². The highest BCUT2D eigenvalue weighted by molar-refractivity contribution is 5.85. The SMILES string of the molecule is COC1(C(=O)N2CCC(CCN3CC(C)OC(C)C3)CC2)CCNCC1. The molecule has 0 saturated carbocycles. The van der Waals surface area contributed by atoms with E-state index in [1.807, 2.05) is 0 Å². The molecule has 2 unspecified atom stereocenters. The van der Waals surface area contributed by atoms with E-state index in [4.69, 9.17) is 9.47 Å². The van der Waals surface area contributed by atoms with Crippen LogP contribution in [0.2, 0.25) is 0 Å². The molecule has 3 aliphatic rings. The minimum Gasteiger partial charge on any atom is -0.373 e. The van der Waals surface area contributed by atoms with E-state index in [9.17, 15) is 4.79 Å². The zero-order chi connectivity index (χ0) is 18.6. The number of methoxy groups -OCH3 is 1. The molecule has 3 rings (SSSR count). The largest absolute Gasteiger partial charge is 0.373 e. The number of nitrogens with zero attached hydrogens (tertiary/aromatic N) is 2. The van der Waals surface area contributed by atoms with E-state index in [1.54, 1.807) is 7.11 Å². The summed E-state index contributed by atoms with van der Waals surface area (Å²) >= 11 is 0. The molecule has 3 aliphatic heterocycles. The number of hydrogen-bond acceptors (Lipinski definition) is 5. The Hall–Kier alpha value is -0.690. The van der Waals surface area contributed by atoms with Gasteiger partial charge < -0.3 is 19.7 Å². The molecule has 0 aliphatic carbocycles. The number of amides is 1. The van der Waals surface area contributed by atoms with Crippen LogP contribution in [0.15, 0.2) is 0 Å². The van der Waals surface area contributed by atoms with Crippen molar-refractivity contribution in [1.29, 1.82) is 0 Å². The van der Waals surface area contributed by atoms with Crippen molar-refractivity contribution in [3.05, 3.63) is 0 Å². The van der Waals surface area contributed by atoms with Gasteiger partial charge in [0.05, 0.1) is 12.2 Å². The summed E-state index contributed by atoms with van der Waals surface area (Å²) in [7, 11) is 1.69. The summed E-state index contributed by atoms with van der Waals surface area (Å²) < 4.78 is 11.5. The van der Waals surface area contributed by atoms with E-state index >= 15 is 0 Å². The molecular weight excluding hydrogens is 330 g/mol. The molecule has 3 heterocycles. The number of piperidine rings is 2. The lowest BCUT2D eigenvalue weighted by Gasteiger charge is -2.42. The quantitative estimate of drug-likeness (QED) is 0.798. The number of morpholine rings is 1. The lowest BCUT2D eigenvalue weighted by atomic mass is 9.88.